The first-order valence-electron chi connectivity index (χ1n) is 9.07. The van der Waals surface area contributed by atoms with Crippen LogP contribution in [0.4, 0.5) is 0 Å². The van der Waals surface area contributed by atoms with Crippen molar-refractivity contribution >= 4 is 27.1 Å². The van der Waals surface area contributed by atoms with E-state index >= 15 is 0 Å². The Balaban J connectivity index is 2.13. The Kier molecular flexibility index (Phi) is 7.26. The summed E-state index contributed by atoms with van der Waals surface area (Å²) in [6.45, 7) is 0.744. The number of alkyl halides is 1. The molecular formula is C24H23BrO2. The molecule has 27 heavy (non-hydrogen) atoms. The summed E-state index contributed by atoms with van der Waals surface area (Å²) in [5.74, 6) is 0.856. The number of ether oxygens (including phenoxy) is 1. The normalized spacial score (nSPS) is 11.8. The van der Waals surface area contributed by atoms with Crippen molar-refractivity contribution in [3.05, 3.63) is 102 Å². The molecule has 2 nitrogen and oxygen atoms in total. The molecule has 0 aliphatic heterocycles. The Hall–Kier alpha value is -2.36. The maximum Gasteiger partial charge on any atom is 0.119 e. The van der Waals surface area contributed by atoms with Crippen LogP contribution in [-0.4, -0.2) is 23.7 Å². The lowest BCUT2D eigenvalue weighted by Crippen LogP contribution is -1.99. The van der Waals surface area contributed by atoms with Crippen molar-refractivity contribution in [1.29, 1.82) is 0 Å². The minimum absolute atomic E-state index is 0.104. The Bertz CT molecular complexity index is 856. The van der Waals surface area contributed by atoms with Gasteiger partial charge in [0.25, 0.3) is 0 Å². The van der Waals surface area contributed by atoms with E-state index in [0.717, 1.165) is 38.9 Å². The minimum Gasteiger partial charge on any atom is -0.493 e. The zero-order chi connectivity index (χ0) is 18.9. The summed E-state index contributed by atoms with van der Waals surface area (Å²) in [4.78, 5) is 0. The minimum atomic E-state index is 0.104. The quantitative estimate of drug-likeness (QED) is 0.367. The highest BCUT2D eigenvalue weighted by Gasteiger charge is 2.14. The summed E-state index contributed by atoms with van der Waals surface area (Å²) in [7, 11) is 0. The standard InChI is InChI=1S/C24H23BrO2/c25-16-18-27-22-13-11-21(12-14-22)24(20-9-5-2-6-10-20)23(15-17-26)19-7-3-1-4-8-19/h1-14,26H,15-18H2/b24-23+. The van der Waals surface area contributed by atoms with E-state index in [0.29, 0.717) is 13.0 Å². The van der Waals surface area contributed by atoms with Gasteiger partial charge in [-0.2, -0.15) is 0 Å². The lowest BCUT2D eigenvalue weighted by Gasteiger charge is -2.17. The molecule has 0 heterocycles. The largest absolute Gasteiger partial charge is 0.493 e. The van der Waals surface area contributed by atoms with Crippen LogP contribution < -0.4 is 4.74 Å². The van der Waals surface area contributed by atoms with Gasteiger partial charge in [-0.25, -0.2) is 0 Å². The summed E-state index contributed by atoms with van der Waals surface area (Å²) in [5, 5.41) is 10.5. The van der Waals surface area contributed by atoms with Gasteiger partial charge in [-0.05, 0) is 46.4 Å². The van der Waals surface area contributed by atoms with Crippen molar-refractivity contribution < 1.29 is 9.84 Å². The number of aliphatic hydroxyl groups is 1. The number of hydrogen-bond acceptors (Lipinski definition) is 2. The van der Waals surface area contributed by atoms with E-state index in [1.54, 1.807) is 0 Å². The summed E-state index contributed by atoms with van der Waals surface area (Å²) in [5.41, 5.74) is 5.66. The van der Waals surface area contributed by atoms with Gasteiger partial charge in [0.2, 0.25) is 0 Å². The fraction of sp³-hybridized carbons (Fsp3) is 0.167. The van der Waals surface area contributed by atoms with E-state index in [4.69, 9.17) is 4.74 Å². The van der Waals surface area contributed by atoms with Gasteiger partial charge in [0.05, 0.1) is 6.61 Å². The topological polar surface area (TPSA) is 29.5 Å². The van der Waals surface area contributed by atoms with Crippen LogP contribution in [0.5, 0.6) is 5.75 Å². The van der Waals surface area contributed by atoms with Crippen LogP contribution in [0.1, 0.15) is 23.1 Å². The Morgan fingerprint density at radius 1 is 0.741 bits per heavy atom. The van der Waals surface area contributed by atoms with Crippen LogP contribution in [0, 0.1) is 0 Å². The van der Waals surface area contributed by atoms with Crippen LogP contribution in [0.25, 0.3) is 11.1 Å². The number of benzene rings is 3. The third-order valence-corrected chi connectivity index (χ3v) is 4.66. The van der Waals surface area contributed by atoms with Crippen LogP contribution >= 0.6 is 15.9 Å². The maximum atomic E-state index is 9.72. The second kappa shape index (κ2) is 10.1. The zero-order valence-corrected chi connectivity index (χ0v) is 16.7. The summed E-state index contributed by atoms with van der Waals surface area (Å²) < 4.78 is 5.69. The summed E-state index contributed by atoms with van der Waals surface area (Å²) in [6.07, 6.45) is 0.593. The van der Waals surface area contributed by atoms with Gasteiger partial charge in [0.1, 0.15) is 5.75 Å². The maximum absolute atomic E-state index is 9.72. The van der Waals surface area contributed by atoms with E-state index in [9.17, 15) is 5.11 Å². The molecule has 0 bridgehead atoms. The first-order valence-corrected chi connectivity index (χ1v) is 10.2. The first kappa shape index (κ1) is 19.4. The highest BCUT2D eigenvalue weighted by molar-refractivity contribution is 9.09. The third-order valence-electron chi connectivity index (χ3n) is 4.34. The van der Waals surface area contributed by atoms with Gasteiger partial charge < -0.3 is 9.84 Å². The number of rotatable bonds is 8. The predicted octanol–water partition coefficient (Wildman–Crippen LogP) is 5.80. The Labute approximate surface area is 169 Å². The van der Waals surface area contributed by atoms with Crippen LogP contribution in [0.2, 0.25) is 0 Å². The van der Waals surface area contributed by atoms with E-state index in [1.165, 1.54) is 0 Å². The second-order valence-corrected chi connectivity index (χ2v) is 6.91. The van der Waals surface area contributed by atoms with Gasteiger partial charge in [-0.1, -0.05) is 88.7 Å². The molecule has 0 atom stereocenters. The molecule has 0 saturated carbocycles. The fourth-order valence-electron chi connectivity index (χ4n) is 3.16. The zero-order valence-electron chi connectivity index (χ0n) is 15.1. The van der Waals surface area contributed by atoms with Crippen molar-refractivity contribution in [3.8, 4) is 5.75 Å². The smallest absolute Gasteiger partial charge is 0.119 e. The van der Waals surface area contributed by atoms with Gasteiger partial charge in [0, 0.05) is 11.9 Å². The third kappa shape index (κ3) is 5.09. The molecule has 0 radical (unpaired) electrons. The molecule has 0 fully saturated rings. The number of hydrogen-bond donors (Lipinski definition) is 1. The second-order valence-electron chi connectivity index (χ2n) is 6.12. The molecule has 3 aromatic carbocycles. The van der Waals surface area contributed by atoms with Gasteiger partial charge in [-0.3, -0.25) is 0 Å². The van der Waals surface area contributed by atoms with Crippen molar-refractivity contribution in [2.24, 2.45) is 0 Å². The van der Waals surface area contributed by atoms with Crippen molar-refractivity contribution in [2.75, 3.05) is 18.5 Å². The summed E-state index contributed by atoms with van der Waals surface area (Å²) >= 11 is 3.38. The molecule has 0 spiro atoms. The van der Waals surface area contributed by atoms with E-state index in [2.05, 4.69) is 52.3 Å². The molecule has 1 N–H and O–H groups in total. The molecule has 0 unspecified atom stereocenters. The van der Waals surface area contributed by atoms with Crippen molar-refractivity contribution in [1.82, 2.24) is 0 Å². The number of halogens is 1. The van der Waals surface area contributed by atoms with Gasteiger partial charge in [0.15, 0.2) is 0 Å². The lowest BCUT2D eigenvalue weighted by atomic mass is 9.88. The monoisotopic (exact) mass is 422 g/mol. The number of aliphatic hydroxyl groups excluding tert-OH is 1. The van der Waals surface area contributed by atoms with Gasteiger partial charge >= 0.3 is 0 Å². The van der Waals surface area contributed by atoms with Crippen molar-refractivity contribution in [3.63, 3.8) is 0 Å². The molecule has 138 valence electrons. The van der Waals surface area contributed by atoms with Crippen molar-refractivity contribution in [2.45, 2.75) is 6.42 Å². The molecule has 3 heteroatoms. The van der Waals surface area contributed by atoms with Crippen LogP contribution in [0.15, 0.2) is 84.9 Å². The average Bonchev–Trinajstić information content (AvgIpc) is 2.74. The van der Waals surface area contributed by atoms with E-state index in [-0.39, 0.29) is 6.61 Å². The highest BCUT2D eigenvalue weighted by atomic mass is 79.9. The molecule has 3 aromatic rings. The molecule has 0 aliphatic rings. The Morgan fingerprint density at radius 3 is 1.85 bits per heavy atom. The molecular weight excluding hydrogens is 400 g/mol. The SMILES string of the molecule is OCC/C(=C(/c1ccccc1)c1ccc(OCCBr)cc1)c1ccccc1. The lowest BCUT2D eigenvalue weighted by molar-refractivity contribution is 0.305. The predicted molar refractivity (Wildman–Crippen MR) is 116 cm³/mol. The van der Waals surface area contributed by atoms with Crippen LogP contribution in [0.3, 0.4) is 0 Å². The van der Waals surface area contributed by atoms with E-state index < -0.39 is 0 Å². The molecule has 0 aliphatic carbocycles. The molecule has 0 amide bonds. The fourth-order valence-corrected chi connectivity index (χ4v) is 3.32. The molecule has 0 aromatic heterocycles. The average molecular weight is 423 g/mol. The van der Waals surface area contributed by atoms with Crippen LogP contribution in [-0.2, 0) is 0 Å². The Morgan fingerprint density at radius 2 is 1.30 bits per heavy atom. The summed E-state index contributed by atoms with van der Waals surface area (Å²) in [6, 6.07) is 28.8. The molecule has 0 saturated heterocycles. The van der Waals surface area contributed by atoms with E-state index in [1.807, 2.05) is 48.5 Å². The molecule has 3 rings (SSSR count). The van der Waals surface area contributed by atoms with Gasteiger partial charge in [-0.15, -0.1) is 0 Å². The first-order chi connectivity index (χ1) is 13.3. The highest BCUT2D eigenvalue weighted by Crippen LogP contribution is 2.34.